The van der Waals surface area contributed by atoms with Crippen LogP contribution in [0.3, 0.4) is 0 Å². The number of nitrogens with zero attached hydrogens (tertiary/aromatic N) is 2. The maximum atomic E-state index is 12.9. The van der Waals surface area contributed by atoms with E-state index in [1.165, 1.54) is 19.1 Å². The summed E-state index contributed by atoms with van der Waals surface area (Å²) in [4.78, 5) is 14.4. The predicted molar refractivity (Wildman–Crippen MR) is 112 cm³/mol. The van der Waals surface area contributed by atoms with Gasteiger partial charge in [-0.2, -0.15) is 13.2 Å². The van der Waals surface area contributed by atoms with Gasteiger partial charge in [0.05, 0.1) is 11.3 Å². The van der Waals surface area contributed by atoms with Crippen LogP contribution in [0.25, 0.3) is 0 Å². The monoisotopic (exact) mass is 441 g/mol. The van der Waals surface area contributed by atoms with Gasteiger partial charge in [-0.05, 0) is 49.9 Å². The summed E-state index contributed by atoms with van der Waals surface area (Å²) in [6, 6.07) is 5.35. The number of likely N-dealkylation sites (tertiary alicyclic amines) is 1. The minimum Gasteiger partial charge on any atom is -0.396 e. The van der Waals surface area contributed by atoms with E-state index < -0.39 is 11.7 Å². The molecule has 0 bridgehead atoms. The second kappa shape index (κ2) is 11.2. The number of aromatic nitrogens is 1. The lowest BCUT2D eigenvalue weighted by atomic mass is 9.93. The molecule has 0 atom stereocenters. The number of alkyl halides is 3. The second-order valence-electron chi connectivity index (χ2n) is 7.21. The largest absolute Gasteiger partial charge is 0.416 e. The fraction of sp³-hybridized carbons (Fsp3) is 0.545. The number of benzene rings is 1. The zero-order chi connectivity index (χ0) is 23.0. The van der Waals surface area contributed by atoms with Crippen molar-refractivity contribution in [2.75, 3.05) is 31.6 Å². The maximum absolute atomic E-state index is 12.9. The molecular formula is C22H30F3N3O3. The maximum Gasteiger partial charge on any atom is 0.416 e. The van der Waals surface area contributed by atoms with Crippen LogP contribution in [0.1, 0.15) is 66.2 Å². The van der Waals surface area contributed by atoms with E-state index >= 15 is 0 Å². The number of aryl methyl sites for hydroxylation is 1. The molecule has 172 valence electrons. The molecule has 1 aliphatic rings. The molecule has 3 rings (SSSR count). The quantitative estimate of drug-likeness (QED) is 0.627. The third kappa shape index (κ3) is 6.46. The number of rotatable bonds is 6. The van der Waals surface area contributed by atoms with Crippen molar-refractivity contribution >= 4 is 11.8 Å². The van der Waals surface area contributed by atoms with Crippen molar-refractivity contribution in [1.29, 1.82) is 0 Å². The van der Waals surface area contributed by atoms with Gasteiger partial charge in [-0.3, -0.25) is 4.79 Å². The molecule has 0 radical (unpaired) electrons. The van der Waals surface area contributed by atoms with Crippen molar-refractivity contribution in [1.82, 2.24) is 10.1 Å². The Morgan fingerprint density at radius 1 is 1.26 bits per heavy atom. The summed E-state index contributed by atoms with van der Waals surface area (Å²) in [5, 5.41) is 15.9. The summed E-state index contributed by atoms with van der Waals surface area (Å²) < 4.78 is 44.0. The van der Waals surface area contributed by atoms with Gasteiger partial charge >= 0.3 is 6.18 Å². The lowest BCUT2D eigenvalue weighted by Crippen LogP contribution is -2.38. The van der Waals surface area contributed by atoms with Crippen molar-refractivity contribution in [3.05, 3.63) is 46.6 Å². The molecule has 2 N–H and O–H groups in total. The van der Waals surface area contributed by atoms with Crippen molar-refractivity contribution < 1.29 is 27.6 Å². The van der Waals surface area contributed by atoms with E-state index in [0.717, 1.165) is 11.8 Å². The van der Waals surface area contributed by atoms with Crippen LogP contribution in [0.4, 0.5) is 19.1 Å². The summed E-state index contributed by atoms with van der Waals surface area (Å²) >= 11 is 0. The number of aliphatic hydroxyl groups is 1. The highest BCUT2D eigenvalue weighted by molar-refractivity contribution is 5.94. The van der Waals surface area contributed by atoms with Crippen LogP contribution in [0.2, 0.25) is 0 Å². The first-order valence-electron chi connectivity index (χ1n) is 10.6. The highest BCUT2D eigenvalue weighted by atomic mass is 19.4. The molecule has 6 nitrogen and oxygen atoms in total. The molecule has 9 heteroatoms. The molecule has 1 aromatic heterocycles. The molecular weight excluding hydrogens is 411 g/mol. The highest BCUT2D eigenvalue weighted by Crippen LogP contribution is 2.33. The number of carbonyl (C=O) groups is 1. The van der Waals surface area contributed by atoms with Crippen LogP contribution in [-0.2, 0) is 6.18 Å². The Bertz CT molecular complexity index is 844. The smallest absolute Gasteiger partial charge is 0.396 e. The predicted octanol–water partition coefficient (Wildman–Crippen LogP) is 4.84. The Morgan fingerprint density at radius 3 is 2.52 bits per heavy atom. The fourth-order valence-electron chi connectivity index (χ4n) is 3.53. The Balaban J connectivity index is 0.00000166. The van der Waals surface area contributed by atoms with Crippen molar-refractivity contribution in [2.45, 2.75) is 52.1 Å². The normalized spacial score (nSPS) is 14.7. The third-order valence-electron chi connectivity index (χ3n) is 5.14. The zero-order valence-electron chi connectivity index (χ0n) is 18.1. The molecule has 31 heavy (non-hydrogen) atoms. The first-order valence-corrected chi connectivity index (χ1v) is 10.6. The van der Waals surface area contributed by atoms with E-state index in [9.17, 15) is 18.0 Å². The standard InChI is InChI=1S/C20H24F3N3O3.C2H6/c1-13-11-15(3-4-16(13)20(21,22)23)19(28)26-8-5-14(6-9-26)17-12-18(29-25-17)24-7-2-10-27;1-2/h3-4,11-12,14,24,27H,2,5-10H2,1H3;1-2H3. The van der Waals surface area contributed by atoms with Gasteiger partial charge in [-0.25, -0.2) is 0 Å². The van der Waals surface area contributed by atoms with Crippen LogP contribution < -0.4 is 5.32 Å². The second-order valence-corrected chi connectivity index (χ2v) is 7.21. The number of nitrogens with one attached hydrogen (secondary N) is 1. The number of hydrogen-bond acceptors (Lipinski definition) is 5. The van der Waals surface area contributed by atoms with Gasteiger partial charge in [0, 0.05) is 43.8 Å². The minimum absolute atomic E-state index is 0.0436. The van der Waals surface area contributed by atoms with E-state index in [1.54, 1.807) is 4.90 Å². The van der Waals surface area contributed by atoms with Crippen LogP contribution >= 0.6 is 0 Å². The molecule has 0 saturated carbocycles. The highest BCUT2D eigenvalue weighted by Gasteiger charge is 2.33. The Morgan fingerprint density at radius 2 is 1.94 bits per heavy atom. The van der Waals surface area contributed by atoms with Gasteiger partial charge < -0.3 is 19.8 Å². The zero-order valence-corrected chi connectivity index (χ0v) is 18.1. The molecule has 1 aliphatic heterocycles. The lowest BCUT2D eigenvalue weighted by Gasteiger charge is -2.31. The minimum atomic E-state index is -4.42. The summed E-state index contributed by atoms with van der Waals surface area (Å²) in [5.41, 5.74) is 0.406. The molecule has 2 heterocycles. The fourth-order valence-corrected chi connectivity index (χ4v) is 3.53. The Hall–Kier alpha value is -2.55. The first-order chi connectivity index (χ1) is 14.8. The van der Waals surface area contributed by atoms with Crippen molar-refractivity contribution in [3.8, 4) is 0 Å². The molecule has 1 aromatic carbocycles. The van der Waals surface area contributed by atoms with Gasteiger partial charge in [0.25, 0.3) is 5.91 Å². The van der Waals surface area contributed by atoms with Gasteiger partial charge in [0.2, 0.25) is 5.88 Å². The molecule has 1 fully saturated rings. The lowest BCUT2D eigenvalue weighted by molar-refractivity contribution is -0.138. The van der Waals surface area contributed by atoms with E-state index in [0.29, 0.717) is 44.8 Å². The number of piperidine rings is 1. The molecule has 1 amide bonds. The molecule has 0 spiro atoms. The summed E-state index contributed by atoms with van der Waals surface area (Å²) in [6.45, 7) is 7.06. The van der Waals surface area contributed by atoms with Crippen LogP contribution in [0.5, 0.6) is 0 Å². The number of amides is 1. The van der Waals surface area contributed by atoms with Crippen molar-refractivity contribution in [3.63, 3.8) is 0 Å². The Labute approximate surface area is 180 Å². The van der Waals surface area contributed by atoms with Crippen LogP contribution in [0, 0.1) is 6.92 Å². The topological polar surface area (TPSA) is 78.6 Å². The molecule has 0 aliphatic carbocycles. The van der Waals surface area contributed by atoms with Gasteiger partial charge in [-0.1, -0.05) is 19.0 Å². The van der Waals surface area contributed by atoms with Crippen LogP contribution in [0.15, 0.2) is 28.8 Å². The Kier molecular flexibility index (Phi) is 8.91. The van der Waals surface area contributed by atoms with E-state index in [2.05, 4.69) is 10.5 Å². The summed E-state index contributed by atoms with van der Waals surface area (Å²) in [7, 11) is 0. The van der Waals surface area contributed by atoms with Gasteiger partial charge in [-0.15, -0.1) is 0 Å². The molecule has 1 saturated heterocycles. The average molecular weight is 441 g/mol. The summed E-state index contributed by atoms with van der Waals surface area (Å²) in [6.07, 6.45) is -2.41. The van der Waals surface area contributed by atoms with Gasteiger partial charge in [0.1, 0.15) is 0 Å². The number of hydrogen-bond donors (Lipinski definition) is 2. The molecule has 0 unspecified atom stereocenters. The number of carbonyl (C=O) groups excluding carboxylic acids is 1. The number of anilines is 1. The molecule has 2 aromatic rings. The van der Waals surface area contributed by atoms with Crippen LogP contribution in [-0.4, -0.2) is 47.3 Å². The SMILES string of the molecule is CC.Cc1cc(C(=O)N2CCC(c3cc(NCCCO)on3)CC2)ccc1C(F)(F)F. The number of aliphatic hydroxyl groups excluding tert-OH is 1. The first kappa shape index (κ1) is 24.7. The van der Waals surface area contributed by atoms with Gasteiger partial charge in [0.15, 0.2) is 0 Å². The van der Waals surface area contributed by atoms with E-state index in [-0.39, 0.29) is 29.6 Å². The third-order valence-corrected chi connectivity index (χ3v) is 5.14. The van der Waals surface area contributed by atoms with E-state index in [1.807, 2.05) is 19.9 Å². The average Bonchev–Trinajstić information content (AvgIpc) is 3.23. The van der Waals surface area contributed by atoms with Crippen molar-refractivity contribution in [2.24, 2.45) is 0 Å². The van der Waals surface area contributed by atoms with E-state index in [4.69, 9.17) is 9.63 Å². The number of halogens is 3. The summed E-state index contributed by atoms with van der Waals surface area (Å²) in [5.74, 6) is 0.449.